The van der Waals surface area contributed by atoms with Crippen molar-refractivity contribution >= 4 is 23.8 Å². The maximum atomic E-state index is 14.7. The third-order valence-electron chi connectivity index (χ3n) is 5.17. The van der Waals surface area contributed by atoms with Gasteiger partial charge in [0, 0.05) is 7.05 Å². The Kier molecular flexibility index (Phi) is 11.9. The number of likely N-dealkylation sites (N-methyl/N-ethyl adjacent to an activating group) is 1. The lowest BCUT2D eigenvalue weighted by atomic mass is 9.96. The van der Waals surface area contributed by atoms with E-state index in [1.165, 1.54) is 20.9 Å². The number of hydrogen-bond donors (Lipinski definition) is 5. The molecule has 0 unspecified atom stereocenters. The summed E-state index contributed by atoms with van der Waals surface area (Å²) >= 11 is 0. The number of halogens is 2. The van der Waals surface area contributed by atoms with Crippen molar-refractivity contribution < 1.29 is 37.8 Å². The second-order valence-corrected chi connectivity index (χ2v) is 9.68. The molecular formula is C22H40F2N4O6. The Bertz CT molecular complexity index is 727. The molecule has 5 N–H and O–H groups in total. The van der Waals surface area contributed by atoms with E-state index in [9.17, 15) is 33.1 Å². The highest BCUT2D eigenvalue weighted by molar-refractivity contribution is 5.94. The fourth-order valence-electron chi connectivity index (χ4n) is 2.89. The van der Waals surface area contributed by atoms with Gasteiger partial charge in [-0.3, -0.25) is 14.4 Å². The van der Waals surface area contributed by atoms with Crippen LogP contribution >= 0.6 is 0 Å². The van der Waals surface area contributed by atoms with Crippen LogP contribution in [0.1, 0.15) is 61.8 Å². The number of carbonyl (C=O) groups excluding carboxylic acids is 4. The minimum atomic E-state index is -4.35. The van der Waals surface area contributed by atoms with Gasteiger partial charge in [0.25, 0.3) is 5.91 Å². The molecule has 0 aromatic carbocycles. The van der Waals surface area contributed by atoms with Crippen molar-refractivity contribution in [2.24, 2.45) is 11.8 Å². The average Bonchev–Trinajstić information content (AvgIpc) is 2.71. The molecule has 0 aromatic rings. The molecule has 0 spiro atoms. The maximum Gasteiger partial charge on any atom is 0.407 e. The highest BCUT2D eigenvalue weighted by Crippen LogP contribution is 2.23. The van der Waals surface area contributed by atoms with Crippen molar-refractivity contribution in [1.29, 1.82) is 0 Å². The molecule has 4 amide bonds. The van der Waals surface area contributed by atoms with Crippen molar-refractivity contribution in [3.8, 4) is 0 Å². The summed E-state index contributed by atoms with van der Waals surface area (Å²) in [7, 11) is 1.40. The Morgan fingerprint density at radius 3 is 1.85 bits per heavy atom. The van der Waals surface area contributed by atoms with Crippen molar-refractivity contribution in [1.82, 2.24) is 21.3 Å². The van der Waals surface area contributed by atoms with Crippen molar-refractivity contribution in [3.63, 3.8) is 0 Å². The Morgan fingerprint density at radius 2 is 1.44 bits per heavy atom. The van der Waals surface area contributed by atoms with Crippen LogP contribution in [0, 0.1) is 11.8 Å². The molecule has 0 aromatic heterocycles. The van der Waals surface area contributed by atoms with Crippen LogP contribution in [0.2, 0.25) is 0 Å². The van der Waals surface area contributed by atoms with E-state index in [4.69, 9.17) is 4.74 Å². The second kappa shape index (κ2) is 12.8. The molecule has 0 aliphatic rings. The first-order chi connectivity index (χ1) is 15.4. The Labute approximate surface area is 199 Å². The van der Waals surface area contributed by atoms with E-state index in [0.29, 0.717) is 6.42 Å². The van der Waals surface area contributed by atoms with Gasteiger partial charge in [-0.05, 0) is 39.5 Å². The summed E-state index contributed by atoms with van der Waals surface area (Å²) in [6.45, 7) is 12.4. The molecule has 0 saturated carbocycles. The van der Waals surface area contributed by atoms with Gasteiger partial charge in [0.15, 0.2) is 0 Å². The quantitative estimate of drug-likeness (QED) is 0.293. The first kappa shape index (κ1) is 31.5. The molecule has 34 heavy (non-hydrogen) atoms. The number of amides is 4. The van der Waals surface area contributed by atoms with E-state index < -0.39 is 65.5 Å². The molecule has 198 valence electrons. The van der Waals surface area contributed by atoms with Gasteiger partial charge in [0.05, 0.1) is 6.04 Å². The van der Waals surface area contributed by atoms with E-state index in [-0.39, 0.29) is 5.92 Å². The molecular weight excluding hydrogens is 454 g/mol. The molecule has 0 bridgehead atoms. The standard InChI is InChI=1S/C22H40F2N4O6/c1-10-12(4)15(17(30)25-9)27-18(31)14(11(2)3)28-19(32)22(23,24)16(29)13(5)26-20(33)34-21(6,7)8/h11-16,29H,10H2,1-9H3,(H,25,30)(H,26,33)(H,27,31)(H,28,32)/t12-,13-,14-,15-,16+/m0/s1. The van der Waals surface area contributed by atoms with Gasteiger partial charge in [0.1, 0.15) is 23.8 Å². The van der Waals surface area contributed by atoms with Crippen molar-refractivity contribution in [3.05, 3.63) is 0 Å². The molecule has 0 radical (unpaired) electrons. The Balaban J connectivity index is 5.47. The summed E-state index contributed by atoms with van der Waals surface area (Å²) in [5.41, 5.74) is -0.895. The third-order valence-corrected chi connectivity index (χ3v) is 5.17. The summed E-state index contributed by atoms with van der Waals surface area (Å²) in [6.07, 6.45) is -3.08. The fourth-order valence-corrected chi connectivity index (χ4v) is 2.89. The predicted octanol–water partition coefficient (Wildman–Crippen LogP) is 1.31. The summed E-state index contributed by atoms with van der Waals surface area (Å²) in [6, 6.07) is -3.88. The van der Waals surface area contributed by atoms with Crippen LogP contribution in [0.5, 0.6) is 0 Å². The van der Waals surface area contributed by atoms with Gasteiger partial charge in [0.2, 0.25) is 11.8 Å². The zero-order valence-electron chi connectivity index (χ0n) is 21.4. The van der Waals surface area contributed by atoms with Crippen LogP contribution in [0.25, 0.3) is 0 Å². The lowest BCUT2D eigenvalue weighted by molar-refractivity contribution is -0.168. The number of nitrogens with one attached hydrogen (secondary N) is 4. The second-order valence-electron chi connectivity index (χ2n) is 9.68. The number of alkyl carbamates (subject to hydrolysis) is 1. The molecule has 12 heteroatoms. The minimum Gasteiger partial charge on any atom is -0.444 e. The van der Waals surface area contributed by atoms with Crippen molar-refractivity contribution in [2.75, 3.05) is 7.05 Å². The lowest BCUT2D eigenvalue weighted by Gasteiger charge is -2.31. The normalized spacial score (nSPS) is 16.5. The molecule has 5 atom stereocenters. The predicted molar refractivity (Wildman–Crippen MR) is 122 cm³/mol. The van der Waals surface area contributed by atoms with Crippen molar-refractivity contribution in [2.45, 2.75) is 97.6 Å². The van der Waals surface area contributed by atoms with Crippen LogP contribution in [0.3, 0.4) is 0 Å². The highest BCUT2D eigenvalue weighted by Gasteiger charge is 2.50. The van der Waals surface area contributed by atoms with Crippen LogP contribution in [-0.2, 0) is 19.1 Å². The average molecular weight is 495 g/mol. The van der Waals surface area contributed by atoms with E-state index >= 15 is 0 Å². The van der Waals surface area contributed by atoms with Gasteiger partial charge in [-0.15, -0.1) is 0 Å². The van der Waals surface area contributed by atoms with Gasteiger partial charge in [-0.1, -0.05) is 34.1 Å². The van der Waals surface area contributed by atoms with Crippen LogP contribution in [-0.4, -0.2) is 71.7 Å². The first-order valence-electron chi connectivity index (χ1n) is 11.3. The first-order valence-corrected chi connectivity index (χ1v) is 11.3. The number of hydrogen-bond acceptors (Lipinski definition) is 6. The highest BCUT2D eigenvalue weighted by atomic mass is 19.3. The smallest absolute Gasteiger partial charge is 0.407 e. The summed E-state index contributed by atoms with van der Waals surface area (Å²) < 4.78 is 34.4. The van der Waals surface area contributed by atoms with Gasteiger partial charge in [-0.2, -0.15) is 8.78 Å². The Hall–Kier alpha value is -2.50. The molecule has 0 fully saturated rings. The van der Waals surface area contributed by atoms with E-state index in [1.54, 1.807) is 27.7 Å². The molecule has 0 heterocycles. The van der Waals surface area contributed by atoms with E-state index in [0.717, 1.165) is 6.92 Å². The number of aliphatic hydroxyl groups excluding tert-OH is 1. The van der Waals surface area contributed by atoms with Gasteiger partial charge in [-0.25, -0.2) is 4.79 Å². The topological polar surface area (TPSA) is 146 Å². The molecule has 10 nitrogen and oxygen atoms in total. The maximum absolute atomic E-state index is 14.7. The molecule has 0 aliphatic carbocycles. The number of alkyl halides is 2. The zero-order valence-corrected chi connectivity index (χ0v) is 21.4. The molecule has 0 aliphatic heterocycles. The van der Waals surface area contributed by atoms with Gasteiger partial charge < -0.3 is 31.1 Å². The zero-order chi connectivity index (χ0) is 27.0. The lowest BCUT2D eigenvalue weighted by Crippen LogP contribution is -2.62. The number of rotatable bonds is 11. The summed E-state index contributed by atoms with van der Waals surface area (Å²) in [5, 5.41) is 19.1. The number of carbonyl (C=O) groups is 4. The van der Waals surface area contributed by atoms with Crippen LogP contribution in [0.15, 0.2) is 0 Å². The van der Waals surface area contributed by atoms with Crippen LogP contribution < -0.4 is 21.3 Å². The van der Waals surface area contributed by atoms with Gasteiger partial charge >= 0.3 is 12.0 Å². The number of aliphatic hydroxyl groups is 1. The SMILES string of the molecule is CC[C@H](C)[C@H](NC(=O)[C@@H](NC(=O)C(F)(F)[C@H](O)[C@H](C)NC(=O)OC(C)(C)C)C(C)C)C(=O)NC. The third kappa shape index (κ3) is 9.40. The molecule has 0 saturated heterocycles. The number of ether oxygens (including phenoxy) is 1. The fraction of sp³-hybridized carbons (Fsp3) is 0.818. The summed E-state index contributed by atoms with van der Waals surface area (Å²) in [4.78, 5) is 49.1. The molecule has 0 rings (SSSR count). The minimum absolute atomic E-state index is 0.254. The summed E-state index contributed by atoms with van der Waals surface area (Å²) in [5.74, 6) is -8.39. The largest absolute Gasteiger partial charge is 0.444 e. The van der Waals surface area contributed by atoms with Crippen LogP contribution in [0.4, 0.5) is 13.6 Å². The van der Waals surface area contributed by atoms with E-state index in [2.05, 4.69) is 16.0 Å². The van der Waals surface area contributed by atoms with E-state index in [1.807, 2.05) is 12.2 Å². The Morgan fingerprint density at radius 1 is 0.912 bits per heavy atom. The monoisotopic (exact) mass is 494 g/mol.